The lowest BCUT2D eigenvalue weighted by molar-refractivity contribution is -0.137. The summed E-state index contributed by atoms with van der Waals surface area (Å²) in [7, 11) is 3.74. The molecule has 1 rings (SSSR count). The van der Waals surface area contributed by atoms with Gasteiger partial charge in [-0.3, -0.25) is 4.79 Å². The molecule has 0 N–H and O–H groups in total. The molecule has 0 heterocycles. The zero-order chi connectivity index (χ0) is 16.4. The van der Waals surface area contributed by atoms with E-state index >= 15 is 0 Å². The lowest BCUT2D eigenvalue weighted by atomic mass is 10.1. The van der Waals surface area contributed by atoms with Gasteiger partial charge in [-0.05, 0) is 6.92 Å². The van der Waals surface area contributed by atoms with Gasteiger partial charge in [0.15, 0.2) is 0 Å². The third kappa shape index (κ3) is 6.63. The molecule has 0 saturated carbocycles. The molecule has 0 aliphatic carbocycles. The topological polar surface area (TPSA) is 46.6 Å². The van der Waals surface area contributed by atoms with Crippen LogP contribution in [0, 0.1) is 0 Å². The number of carbonyl (C=O) groups excluding carboxylic acids is 2. The minimum absolute atomic E-state index is 0.0242. The Morgan fingerprint density at radius 1 is 1.23 bits per heavy atom. The summed E-state index contributed by atoms with van der Waals surface area (Å²) in [5, 5.41) is 0. The monoisotopic (exact) mass is 319 g/mol. The highest BCUT2D eigenvalue weighted by Crippen LogP contribution is 2.21. The van der Waals surface area contributed by atoms with Gasteiger partial charge in [-0.15, -0.1) is 11.8 Å². The third-order valence-corrected chi connectivity index (χ3v) is 3.47. The summed E-state index contributed by atoms with van der Waals surface area (Å²) in [6.45, 7) is 2.12. The van der Waals surface area contributed by atoms with Gasteiger partial charge in [0.25, 0.3) is 0 Å². The van der Waals surface area contributed by atoms with Crippen LogP contribution in [0.25, 0.3) is 0 Å². The molecule has 0 unspecified atom stereocenters. The SMILES string of the molecule is CCOC(=O)C=CCSC(=CN(C)C)C(=O)c1ccccc1. The highest BCUT2D eigenvalue weighted by Gasteiger charge is 2.12. The van der Waals surface area contributed by atoms with Crippen LogP contribution in [0.3, 0.4) is 0 Å². The molecule has 22 heavy (non-hydrogen) atoms. The van der Waals surface area contributed by atoms with Crippen LogP contribution in [-0.2, 0) is 9.53 Å². The minimum Gasteiger partial charge on any atom is -0.463 e. The average molecular weight is 319 g/mol. The largest absolute Gasteiger partial charge is 0.463 e. The van der Waals surface area contributed by atoms with E-state index in [0.717, 1.165) is 0 Å². The number of benzene rings is 1. The Hall–Kier alpha value is -2.01. The van der Waals surface area contributed by atoms with Crippen LogP contribution in [0.1, 0.15) is 17.3 Å². The van der Waals surface area contributed by atoms with Crippen molar-refractivity contribution in [3.63, 3.8) is 0 Å². The number of ether oxygens (including phenoxy) is 1. The maximum Gasteiger partial charge on any atom is 0.330 e. The number of nitrogens with zero attached hydrogens (tertiary/aromatic N) is 1. The van der Waals surface area contributed by atoms with E-state index in [9.17, 15) is 9.59 Å². The Morgan fingerprint density at radius 3 is 2.50 bits per heavy atom. The van der Waals surface area contributed by atoms with Crippen LogP contribution >= 0.6 is 11.8 Å². The Bertz CT molecular complexity index is 550. The summed E-state index contributed by atoms with van der Waals surface area (Å²) in [4.78, 5) is 26.2. The van der Waals surface area contributed by atoms with Crippen LogP contribution in [0.2, 0.25) is 0 Å². The molecular formula is C17H21NO3S. The second-order valence-electron chi connectivity index (χ2n) is 4.62. The van der Waals surface area contributed by atoms with Gasteiger partial charge < -0.3 is 9.64 Å². The standard InChI is InChI=1S/C17H21NO3S/c1-4-21-16(19)11-8-12-22-15(13-18(2)3)17(20)14-9-6-5-7-10-14/h5-11,13H,4,12H2,1-3H3. The molecule has 0 aromatic heterocycles. The Morgan fingerprint density at radius 2 is 1.91 bits per heavy atom. The first-order valence-corrected chi connectivity index (χ1v) is 7.97. The van der Waals surface area contributed by atoms with E-state index in [1.54, 1.807) is 31.3 Å². The molecule has 4 nitrogen and oxygen atoms in total. The van der Waals surface area contributed by atoms with E-state index in [1.165, 1.54) is 17.8 Å². The van der Waals surface area contributed by atoms with Gasteiger partial charge in [-0.2, -0.15) is 0 Å². The number of allylic oxidation sites excluding steroid dienone is 1. The molecule has 0 saturated heterocycles. The van der Waals surface area contributed by atoms with Crippen LogP contribution in [-0.4, -0.2) is 43.1 Å². The summed E-state index contributed by atoms with van der Waals surface area (Å²) in [6, 6.07) is 9.14. The van der Waals surface area contributed by atoms with Crippen LogP contribution in [0.4, 0.5) is 0 Å². The fourth-order valence-electron chi connectivity index (χ4n) is 1.60. The quantitative estimate of drug-likeness (QED) is 0.418. The van der Waals surface area contributed by atoms with E-state index in [1.807, 2.05) is 37.2 Å². The molecule has 0 aliphatic heterocycles. The average Bonchev–Trinajstić information content (AvgIpc) is 2.50. The second-order valence-corrected chi connectivity index (χ2v) is 5.68. The number of hydrogen-bond acceptors (Lipinski definition) is 5. The van der Waals surface area contributed by atoms with Crippen molar-refractivity contribution in [3.05, 3.63) is 59.2 Å². The molecule has 0 radical (unpaired) electrons. The second kappa shape index (κ2) is 9.84. The van der Waals surface area contributed by atoms with Gasteiger partial charge in [0.2, 0.25) is 5.78 Å². The zero-order valence-corrected chi connectivity index (χ0v) is 13.9. The van der Waals surface area contributed by atoms with Gasteiger partial charge in [0.1, 0.15) is 0 Å². The lowest BCUT2D eigenvalue weighted by Crippen LogP contribution is -2.08. The van der Waals surface area contributed by atoms with Crippen molar-refractivity contribution < 1.29 is 14.3 Å². The van der Waals surface area contributed by atoms with Gasteiger partial charge in [-0.1, -0.05) is 36.4 Å². The van der Waals surface area contributed by atoms with Gasteiger partial charge in [-0.25, -0.2) is 4.79 Å². The van der Waals surface area contributed by atoms with E-state index in [4.69, 9.17) is 4.74 Å². The van der Waals surface area contributed by atoms with E-state index in [-0.39, 0.29) is 11.8 Å². The van der Waals surface area contributed by atoms with E-state index in [0.29, 0.717) is 22.8 Å². The van der Waals surface area contributed by atoms with Gasteiger partial charge >= 0.3 is 5.97 Å². The molecule has 1 aromatic rings. The highest BCUT2D eigenvalue weighted by atomic mass is 32.2. The number of esters is 1. The summed E-state index contributed by atoms with van der Waals surface area (Å²) in [6.07, 6.45) is 4.87. The van der Waals surface area contributed by atoms with Crippen molar-refractivity contribution in [2.24, 2.45) is 0 Å². The van der Waals surface area contributed by atoms with Crippen molar-refractivity contribution in [1.82, 2.24) is 4.90 Å². The molecule has 1 aromatic carbocycles. The summed E-state index contributed by atoms with van der Waals surface area (Å²) in [5.41, 5.74) is 0.650. The molecule has 0 aliphatic rings. The molecular weight excluding hydrogens is 298 g/mol. The Kier molecular flexibility index (Phi) is 8.07. The molecule has 5 heteroatoms. The van der Waals surface area contributed by atoms with Crippen LogP contribution < -0.4 is 0 Å². The molecule has 0 bridgehead atoms. The number of rotatable bonds is 8. The Balaban J connectivity index is 2.71. The molecule has 0 spiro atoms. The fourth-order valence-corrected chi connectivity index (χ4v) is 2.51. The van der Waals surface area contributed by atoms with Crippen molar-refractivity contribution in [3.8, 4) is 0 Å². The van der Waals surface area contributed by atoms with Gasteiger partial charge in [0, 0.05) is 37.7 Å². The lowest BCUT2D eigenvalue weighted by Gasteiger charge is -2.10. The summed E-state index contributed by atoms with van der Waals surface area (Å²) < 4.78 is 4.81. The number of carbonyl (C=O) groups is 2. The van der Waals surface area contributed by atoms with Crippen LogP contribution in [0.15, 0.2) is 53.6 Å². The fraction of sp³-hybridized carbons (Fsp3) is 0.294. The van der Waals surface area contributed by atoms with Crippen molar-refractivity contribution >= 4 is 23.5 Å². The first-order valence-electron chi connectivity index (χ1n) is 6.98. The van der Waals surface area contributed by atoms with Crippen molar-refractivity contribution in [1.29, 1.82) is 0 Å². The van der Waals surface area contributed by atoms with Gasteiger partial charge in [0.05, 0.1) is 11.5 Å². The number of hydrogen-bond donors (Lipinski definition) is 0. The Labute approximate surface area is 135 Å². The minimum atomic E-state index is -0.365. The molecule has 0 amide bonds. The number of Topliss-reactive ketones (excluding diaryl/α,β-unsaturated/α-hetero) is 1. The summed E-state index contributed by atoms with van der Waals surface area (Å²) >= 11 is 1.39. The maximum atomic E-state index is 12.5. The van der Waals surface area contributed by atoms with E-state index < -0.39 is 0 Å². The van der Waals surface area contributed by atoms with Crippen molar-refractivity contribution in [2.45, 2.75) is 6.92 Å². The highest BCUT2D eigenvalue weighted by molar-refractivity contribution is 8.04. The maximum absolute atomic E-state index is 12.5. The number of thioether (sulfide) groups is 1. The molecule has 0 fully saturated rings. The predicted molar refractivity (Wildman–Crippen MR) is 90.8 cm³/mol. The zero-order valence-electron chi connectivity index (χ0n) is 13.1. The van der Waals surface area contributed by atoms with E-state index in [2.05, 4.69) is 0 Å². The molecule has 0 atom stereocenters. The predicted octanol–water partition coefficient (Wildman–Crippen LogP) is 3.12. The molecule has 118 valence electrons. The normalized spacial score (nSPS) is 11.5. The summed E-state index contributed by atoms with van der Waals surface area (Å²) in [5.74, 6) is 0.135. The third-order valence-electron chi connectivity index (χ3n) is 2.51. The number of ketones is 1. The first-order chi connectivity index (χ1) is 10.5. The smallest absolute Gasteiger partial charge is 0.330 e. The van der Waals surface area contributed by atoms with Crippen LogP contribution in [0.5, 0.6) is 0 Å². The van der Waals surface area contributed by atoms with Crippen molar-refractivity contribution in [2.75, 3.05) is 26.5 Å². The first kappa shape index (κ1) is 18.0.